The Balaban J connectivity index is 1.71. The second-order valence-corrected chi connectivity index (χ2v) is 11.1. The van der Waals surface area contributed by atoms with Crippen LogP contribution in [-0.2, 0) is 21.2 Å². The third-order valence-electron chi connectivity index (χ3n) is 7.58. The molecule has 220 valence electrons. The largest absolute Gasteiger partial charge is 0.507 e. The van der Waals surface area contributed by atoms with Crippen molar-refractivity contribution in [2.45, 2.75) is 39.3 Å². The van der Waals surface area contributed by atoms with Gasteiger partial charge in [0.1, 0.15) is 5.75 Å². The van der Waals surface area contributed by atoms with Gasteiger partial charge in [0.25, 0.3) is 5.91 Å². The Kier molecular flexibility index (Phi) is 7.29. The predicted molar refractivity (Wildman–Crippen MR) is 160 cm³/mol. The van der Waals surface area contributed by atoms with Gasteiger partial charge in [-0.3, -0.25) is 14.5 Å². The molecule has 0 aromatic heterocycles. The number of fused-ring (bicyclic) bond motifs is 1. The molecule has 0 saturated carbocycles. The summed E-state index contributed by atoms with van der Waals surface area (Å²) in [7, 11) is 0. The van der Waals surface area contributed by atoms with Crippen LogP contribution in [-0.4, -0.2) is 22.1 Å². The number of hydrogen-bond acceptors (Lipinski definition) is 4. The Morgan fingerprint density at radius 2 is 1.51 bits per heavy atom. The van der Waals surface area contributed by atoms with E-state index in [0.717, 1.165) is 23.3 Å². The zero-order valence-electron chi connectivity index (χ0n) is 23.9. The highest BCUT2D eigenvalue weighted by Crippen LogP contribution is 2.46. The number of hydrogen-bond donors (Lipinski definition) is 3. The van der Waals surface area contributed by atoms with Gasteiger partial charge in [0.15, 0.2) is 0 Å². The molecule has 1 amide bonds. The first-order valence-electron chi connectivity index (χ1n) is 13.5. The molecular weight excluding hydrogens is 557 g/mol. The van der Waals surface area contributed by atoms with Crippen LogP contribution in [0.4, 0.5) is 30.2 Å². The van der Waals surface area contributed by atoms with Crippen LogP contribution in [0.2, 0.25) is 0 Å². The van der Waals surface area contributed by atoms with Crippen LogP contribution < -0.4 is 10.2 Å². The number of rotatable bonds is 6. The van der Waals surface area contributed by atoms with Gasteiger partial charge in [-0.2, -0.15) is 13.2 Å². The van der Waals surface area contributed by atoms with Crippen molar-refractivity contribution in [1.29, 1.82) is 0 Å². The number of benzene rings is 4. The number of phenols is 1. The highest BCUT2D eigenvalue weighted by molar-refractivity contribution is 6.35. The number of nitrogens with one attached hydrogen (secondary N) is 1. The topological polar surface area (TPSA) is 89.9 Å². The summed E-state index contributed by atoms with van der Waals surface area (Å²) in [6.07, 6.45) is -3.23. The minimum atomic E-state index is -4.62. The van der Waals surface area contributed by atoms with Gasteiger partial charge in [-0.15, -0.1) is 0 Å². The second kappa shape index (κ2) is 10.7. The van der Waals surface area contributed by atoms with Crippen LogP contribution in [0.25, 0.3) is 16.7 Å². The van der Waals surface area contributed by atoms with Crippen molar-refractivity contribution < 1.29 is 33.0 Å². The van der Waals surface area contributed by atoms with E-state index in [-0.39, 0.29) is 22.6 Å². The van der Waals surface area contributed by atoms with E-state index in [2.05, 4.69) is 5.32 Å². The van der Waals surface area contributed by atoms with Crippen LogP contribution >= 0.6 is 0 Å². The third kappa shape index (κ3) is 5.34. The zero-order chi connectivity index (χ0) is 31.3. The number of carbonyl (C=O) groups is 2. The molecule has 1 heterocycles. The molecule has 0 fully saturated rings. The lowest BCUT2D eigenvalue weighted by molar-refractivity contribution is -0.142. The molecule has 0 unspecified atom stereocenters. The van der Waals surface area contributed by atoms with Gasteiger partial charge in [0.2, 0.25) is 0 Å². The fraction of sp³-hybridized carbons (Fsp3) is 0.176. The fourth-order valence-corrected chi connectivity index (χ4v) is 5.36. The van der Waals surface area contributed by atoms with Gasteiger partial charge in [-0.1, -0.05) is 48.5 Å². The highest BCUT2D eigenvalue weighted by Gasteiger charge is 2.38. The summed E-state index contributed by atoms with van der Waals surface area (Å²) in [5, 5.41) is 23.8. The van der Waals surface area contributed by atoms with Gasteiger partial charge < -0.3 is 15.5 Å². The lowest BCUT2D eigenvalue weighted by Crippen LogP contribution is -2.29. The summed E-state index contributed by atoms with van der Waals surface area (Å²) in [4.78, 5) is 27.5. The molecule has 0 saturated heterocycles. The molecule has 5 rings (SSSR count). The van der Waals surface area contributed by atoms with E-state index in [0.29, 0.717) is 28.1 Å². The number of aliphatic carboxylic acids is 1. The minimum absolute atomic E-state index is 0.0357. The first kappa shape index (κ1) is 29.4. The summed E-state index contributed by atoms with van der Waals surface area (Å²) < 4.78 is 41.2. The number of para-hydroxylation sites is 2. The Hall–Kier alpha value is -5.05. The zero-order valence-corrected chi connectivity index (χ0v) is 23.9. The maximum absolute atomic E-state index is 14.0. The number of nitrogens with zero attached hydrogens (tertiary/aromatic N) is 1. The highest BCUT2D eigenvalue weighted by atomic mass is 19.4. The van der Waals surface area contributed by atoms with Crippen molar-refractivity contribution >= 4 is 34.5 Å². The van der Waals surface area contributed by atoms with E-state index in [1.54, 1.807) is 48.5 Å². The van der Waals surface area contributed by atoms with E-state index in [1.807, 2.05) is 19.9 Å². The molecule has 1 aliphatic rings. The molecule has 0 spiro atoms. The van der Waals surface area contributed by atoms with Crippen molar-refractivity contribution in [1.82, 2.24) is 0 Å². The summed E-state index contributed by atoms with van der Waals surface area (Å²) in [6.45, 7) is 6.75. The van der Waals surface area contributed by atoms with E-state index < -0.39 is 29.0 Å². The average Bonchev–Trinajstić information content (AvgIpc) is 3.21. The van der Waals surface area contributed by atoms with E-state index >= 15 is 0 Å². The molecule has 4 aromatic carbocycles. The number of halogens is 3. The number of aromatic hydroxyl groups is 1. The van der Waals surface area contributed by atoms with Crippen molar-refractivity contribution in [3.8, 4) is 16.9 Å². The summed E-state index contributed by atoms with van der Waals surface area (Å²) >= 11 is 0. The number of carboxylic acids is 1. The van der Waals surface area contributed by atoms with Crippen LogP contribution in [0.5, 0.6) is 5.75 Å². The van der Waals surface area contributed by atoms with Crippen molar-refractivity contribution in [2.75, 3.05) is 10.2 Å². The smallest absolute Gasteiger partial charge is 0.416 e. The fourth-order valence-electron chi connectivity index (χ4n) is 5.36. The first-order valence-corrected chi connectivity index (χ1v) is 13.5. The monoisotopic (exact) mass is 586 g/mol. The van der Waals surface area contributed by atoms with Gasteiger partial charge in [0, 0.05) is 28.6 Å². The number of alkyl halides is 3. The molecule has 6 nitrogen and oxygen atoms in total. The third-order valence-corrected chi connectivity index (χ3v) is 7.58. The number of phenolic OH excluding ortho intramolecular Hbond substituents is 1. The Morgan fingerprint density at radius 3 is 2.14 bits per heavy atom. The van der Waals surface area contributed by atoms with Crippen molar-refractivity contribution in [2.24, 2.45) is 0 Å². The molecule has 43 heavy (non-hydrogen) atoms. The van der Waals surface area contributed by atoms with E-state index in [4.69, 9.17) is 0 Å². The molecule has 0 bridgehead atoms. The molecule has 9 heteroatoms. The number of anilines is 3. The standard InChI is InChI=1S/C34H29F3N2O4/c1-19-14-20(2)16-22(15-19)39-28-17-21(34(35,36)37)12-13-23(28)26(31(39)41)18-38-30-25(24-8-5-6-11-29(24)40)9-7-10-27(30)33(3,4)32(42)43/h5-18,38,40H,1-4H3,(H,42,43)/b26-18+. The maximum atomic E-state index is 14.0. The van der Waals surface area contributed by atoms with Crippen LogP contribution in [0.3, 0.4) is 0 Å². The molecule has 0 aliphatic carbocycles. The quantitative estimate of drug-likeness (QED) is 0.198. The molecule has 4 aromatic rings. The molecule has 0 atom stereocenters. The average molecular weight is 587 g/mol. The molecule has 3 N–H and O–H groups in total. The van der Waals surface area contributed by atoms with Crippen molar-refractivity contribution in [3.63, 3.8) is 0 Å². The Morgan fingerprint density at radius 1 is 0.860 bits per heavy atom. The molecular formula is C34H29F3N2O4. The maximum Gasteiger partial charge on any atom is 0.416 e. The SMILES string of the molecule is Cc1cc(C)cc(N2C(=O)/C(=C/Nc3c(-c4ccccc4O)cccc3C(C)(C)C(=O)O)c3ccc(C(F)(F)F)cc32)c1. The number of amides is 1. The van der Waals surface area contributed by atoms with Crippen LogP contribution in [0, 0.1) is 13.8 Å². The number of carboxylic acid groups (broad SMARTS) is 1. The first-order chi connectivity index (χ1) is 20.2. The summed E-state index contributed by atoms with van der Waals surface area (Å²) in [6, 6.07) is 20.1. The normalized spacial score (nSPS) is 14.3. The van der Waals surface area contributed by atoms with E-state index in [9.17, 15) is 33.0 Å². The van der Waals surface area contributed by atoms with Crippen molar-refractivity contribution in [3.05, 3.63) is 113 Å². The lowest BCUT2D eigenvalue weighted by atomic mass is 9.81. The van der Waals surface area contributed by atoms with Crippen LogP contribution in [0.1, 0.15) is 41.7 Å². The Bertz CT molecular complexity index is 1790. The molecule has 0 radical (unpaired) electrons. The van der Waals surface area contributed by atoms with Gasteiger partial charge in [-0.25, -0.2) is 0 Å². The number of aryl methyl sites for hydroxylation is 2. The van der Waals surface area contributed by atoms with Gasteiger partial charge in [0.05, 0.1) is 27.9 Å². The Labute approximate surface area is 246 Å². The van der Waals surface area contributed by atoms with Crippen LogP contribution in [0.15, 0.2) is 85.1 Å². The lowest BCUT2D eigenvalue weighted by Gasteiger charge is -2.25. The second-order valence-electron chi connectivity index (χ2n) is 11.1. The van der Waals surface area contributed by atoms with E-state index in [1.165, 1.54) is 37.1 Å². The van der Waals surface area contributed by atoms with Gasteiger partial charge >= 0.3 is 12.1 Å². The molecule has 1 aliphatic heterocycles. The summed E-state index contributed by atoms with van der Waals surface area (Å²) in [5.74, 6) is -1.68. The summed E-state index contributed by atoms with van der Waals surface area (Å²) in [5.41, 5.74) is 1.89. The number of carbonyl (C=O) groups excluding carboxylic acids is 1. The predicted octanol–water partition coefficient (Wildman–Crippen LogP) is 8.19. The van der Waals surface area contributed by atoms with Gasteiger partial charge in [-0.05, 0) is 74.7 Å². The minimum Gasteiger partial charge on any atom is -0.507 e.